The molecule has 3 saturated heterocycles. The third kappa shape index (κ3) is 3.79. The topological polar surface area (TPSA) is 38.1 Å². The van der Waals surface area contributed by atoms with Crippen LogP contribution in [0.4, 0.5) is 0 Å². The maximum absolute atomic E-state index is 6.23. The van der Waals surface area contributed by atoms with Crippen molar-refractivity contribution in [3.63, 3.8) is 0 Å². The van der Waals surface area contributed by atoms with E-state index in [0.717, 1.165) is 51.8 Å². The van der Waals surface area contributed by atoms with E-state index < -0.39 is 0 Å². The molecule has 23 heavy (non-hydrogen) atoms. The number of rotatable bonds is 3. The van der Waals surface area contributed by atoms with Gasteiger partial charge in [0.2, 0.25) is 0 Å². The van der Waals surface area contributed by atoms with E-state index in [2.05, 4.69) is 15.9 Å². The first-order valence-corrected chi connectivity index (χ1v) is 9.06. The molecule has 0 radical (unpaired) electrons. The predicted octanol–water partition coefficient (Wildman–Crippen LogP) is 1.98. The molecular weight excluding hydrogens is 292 g/mol. The van der Waals surface area contributed by atoms with E-state index >= 15 is 0 Å². The summed E-state index contributed by atoms with van der Waals surface area (Å²) in [6, 6.07) is 4.73. The summed E-state index contributed by atoms with van der Waals surface area (Å²) in [6.07, 6.45) is 5.73. The minimum Gasteiger partial charge on any atom is -0.468 e. The molecular formula is C18H28N2O3. The van der Waals surface area contributed by atoms with Crippen molar-refractivity contribution >= 4 is 0 Å². The molecule has 0 aliphatic carbocycles. The van der Waals surface area contributed by atoms with Crippen molar-refractivity contribution < 1.29 is 13.9 Å². The number of nitrogens with zero attached hydrogens (tertiary/aromatic N) is 2. The minimum absolute atomic E-state index is 0.378. The van der Waals surface area contributed by atoms with Crippen LogP contribution in [-0.4, -0.2) is 67.9 Å². The molecule has 0 aromatic carbocycles. The second-order valence-electron chi connectivity index (χ2n) is 7.11. The number of furan rings is 1. The fourth-order valence-corrected chi connectivity index (χ4v) is 4.29. The monoisotopic (exact) mass is 320 g/mol. The first-order valence-electron chi connectivity index (χ1n) is 9.06. The average molecular weight is 320 g/mol. The van der Waals surface area contributed by atoms with E-state index in [-0.39, 0.29) is 0 Å². The summed E-state index contributed by atoms with van der Waals surface area (Å²) in [4.78, 5) is 5.15. The molecule has 5 heteroatoms. The Hall–Kier alpha value is -0.880. The summed E-state index contributed by atoms with van der Waals surface area (Å²) >= 11 is 0. The van der Waals surface area contributed by atoms with Crippen molar-refractivity contribution in [2.24, 2.45) is 5.92 Å². The van der Waals surface area contributed by atoms with E-state index in [1.807, 2.05) is 6.07 Å². The molecule has 3 aliphatic heterocycles. The van der Waals surface area contributed by atoms with Crippen LogP contribution in [0.15, 0.2) is 22.8 Å². The Bertz CT molecular complexity index is 473. The Labute approximate surface area is 138 Å². The summed E-state index contributed by atoms with van der Waals surface area (Å²) in [6.45, 7) is 8.08. The smallest absolute Gasteiger partial charge is 0.117 e. The molecule has 5 nitrogen and oxygen atoms in total. The summed E-state index contributed by atoms with van der Waals surface area (Å²) in [5.41, 5.74) is 0. The highest BCUT2D eigenvalue weighted by molar-refractivity contribution is 4.99. The number of likely N-dealkylation sites (tertiary alicyclic amines) is 1. The van der Waals surface area contributed by atoms with E-state index in [4.69, 9.17) is 13.9 Å². The van der Waals surface area contributed by atoms with E-state index in [9.17, 15) is 0 Å². The molecule has 1 aromatic rings. The van der Waals surface area contributed by atoms with Crippen molar-refractivity contribution in [2.75, 3.05) is 46.0 Å². The van der Waals surface area contributed by atoms with Crippen LogP contribution in [0.5, 0.6) is 0 Å². The van der Waals surface area contributed by atoms with Crippen LogP contribution in [0, 0.1) is 5.92 Å². The van der Waals surface area contributed by atoms with E-state index in [1.165, 1.54) is 25.8 Å². The van der Waals surface area contributed by atoms with E-state index in [1.54, 1.807) is 6.26 Å². The first-order chi connectivity index (χ1) is 11.4. The standard InChI is InChI=1S/C18H28N2O3/c1-2-17(22-8-1)13-19-6-3-15-12-20(7-11-23-18(15)14-19)16-4-9-21-10-5-16/h1-2,8,15-16,18H,3-7,9-14H2/t15-,18-/m1/s1. The Morgan fingerprint density at radius 1 is 1.04 bits per heavy atom. The summed E-state index contributed by atoms with van der Waals surface area (Å²) in [7, 11) is 0. The molecule has 2 atom stereocenters. The predicted molar refractivity (Wildman–Crippen MR) is 87.2 cm³/mol. The van der Waals surface area contributed by atoms with Crippen molar-refractivity contribution in [1.29, 1.82) is 0 Å². The van der Waals surface area contributed by atoms with Gasteiger partial charge in [0.1, 0.15) is 5.76 Å². The number of ether oxygens (including phenoxy) is 2. The zero-order valence-corrected chi connectivity index (χ0v) is 13.9. The lowest BCUT2D eigenvalue weighted by molar-refractivity contribution is -0.0259. The molecule has 3 aliphatic rings. The maximum Gasteiger partial charge on any atom is 0.117 e. The molecule has 0 bridgehead atoms. The second kappa shape index (κ2) is 7.34. The Morgan fingerprint density at radius 2 is 1.96 bits per heavy atom. The van der Waals surface area contributed by atoms with Crippen molar-refractivity contribution in [3.8, 4) is 0 Å². The Kier molecular flexibility index (Phi) is 4.99. The average Bonchev–Trinajstić information content (AvgIpc) is 3.00. The van der Waals surface area contributed by atoms with Crippen LogP contribution in [0.25, 0.3) is 0 Å². The molecule has 0 spiro atoms. The van der Waals surface area contributed by atoms with Gasteiger partial charge in [-0.2, -0.15) is 0 Å². The van der Waals surface area contributed by atoms with Gasteiger partial charge in [-0.15, -0.1) is 0 Å². The van der Waals surface area contributed by atoms with Crippen LogP contribution < -0.4 is 0 Å². The first kappa shape index (κ1) is 15.6. The van der Waals surface area contributed by atoms with Crippen LogP contribution in [0.2, 0.25) is 0 Å². The molecule has 3 fully saturated rings. The molecule has 0 amide bonds. The van der Waals surface area contributed by atoms with Gasteiger partial charge in [0.05, 0.1) is 25.5 Å². The maximum atomic E-state index is 6.23. The number of hydrogen-bond acceptors (Lipinski definition) is 5. The SMILES string of the molecule is c1coc(CN2CC[C@@H]3CN(C4CCOCC4)CCO[C@@H]3C2)c1. The molecule has 0 unspecified atom stereocenters. The van der Waals surface area contributed by atoms with E-state index in [0.29, 0.717) is 18.1 Å². The fraction of sp³-hybridized carbons (Fsp3) is 0.778. The minimum atomic E-state index is 0.378. The number of fused-ring (bicyclic) bond motifs is 1. The molecule has 1 aromatic heterocycles. The van der Waals surface area contributed by atoms with Gasteiger partial charge in [-0.25, -0.2) is 0 Å². The highest BCUT2D eigenvalue weighted by Gasteiger charge is 2.35. The van der Waals surface area contributed by atoms with Gasteiger partial charge in [-0.1, -0.05) is 0 Å². The van der Waals surface area contributed by atoms with Gasteiger partial charge in [-0.05, 0) is 37.9 Å². The third-order valence-electron chi connectivity index (χ3n) is 5.63. The van der Waals surface area contributed by atoms with Gasteiger partial charge in [0, 0.05) is 44.8 Å². The lowest BCUT2D eigenvalue weighted by atomic mass is 9.92. The van der Waals surface area contributed by atoms with Gasteiger partial charge in [-0.3, -0.25) is 9.80 Å². The summed E-state index contributed by atoms with van der Waals surface area (Å²) in [5.74, 6) is 1.73. The normalized spacial score (nSPS) is 31.7. The molecule has 4 heterocycles. The molecule has 4 rings (SSSR count). The molecule has 0 saturated carbocycles. The van der Waals surface area contributed by atoms with Gasteiger partial charge in [0.25, 0.3) is 0 Å². The van der Waals surface area contributed by atoms with Gasteiger partial charge >= 0.3 is 0 Å². The highest BCUT2D eigenvalue weighted by atomic mass is 16.5. The van der Waals surface area contributed by atoms with Gasteiger partial charge < -0.3 is 13.9 Å². The highest BCUT2D eigenvalue weighted by Crippen LogP contribution is 2.27. The Morgan fingerprint density at radius 3 is 2.78 bits per heavy atom. The third-order valence-corrected chi connectivity index (χ3v) is 5.63. The Balaban J connectivity index is 1.34. The van der Waals surface area contributed by atoms with Crippen molar-refractivity contribution in [3.05, 3.63) is 24.2 Å². The van der Waals surface area contributed by atoms with Crippen LogP contribution >= 0.6 is 0 Å². The fourth-order valence-electron chi connectivity index (χ4n) is 4.29. The lowest BCUT2D eigenvalue weighted by Gasteiger charge is -2.39. The zero-order valence-electron chi connectivity index (χ0n) is 13.9. The van der Waals surface area contributed by atoms with Crippen molar-refractivity contribution in [2.45, 2.75) is 38.0 Å². The zero-order chi connectivity index (χ0) is 15.5. The number of piperidine rings is 1. The van der Waals surface area contributed by atoms with Crippen molar-refractivity contribution in [1.82, 2.24) is 9.80 Å². The summed E-state index contributed by atoms with van der Waals surface area (Å²) in [5, 5.41) is 0. The van der Waals surface area contributed by atoms with Gasteiger partial charge in [0.15, 0.2) is 0 Å². The summed E-state index contributed by atoms with van der Waals surface area (Å²) < 4.78 is 17.2. The second-order valence-corrected chi connectivity index (χ2v) is 7.11. The van der Waals surface area contributed by atoms with Crippen LogP contribution in [-0.2, 0) is 16.0 Å². The quantitative estimate of drug-likeness (QED) is 0.851. The van der Waals surface area contributed by atoms with Crippen LogP contribution in [0.3, 0.4) is 0 Å². The molecule has 0 N–H and O–H groups in total. The lowest BCUT2D eigenvalue weighted by Crippen LogP contribution is -2.48. The number of hydrogen-bond donors (Lipinski definition) is 0. The molecule has 128 valence electrons. The van der Waals surface area contributed by atoms with Crippen LogP contribution in [0.1, 0.15) is 25.0 Å². The largest absolute Gasteiger partial charge is 0.468 e.